The van der Waals surface area contributed by atoms with E-state index in [2.05, 4.69) is 11.4 Å². The molecule has 4 nitrogen and oxygen atoms in total. The van der Waals surface area contributed by atoms with Gasteiger partial charge < -0.3 is 10.2 Å². The maximum absolute atomic E-state index is 12.5. The maximum atomic E-state index is 12.5. The molecule has 0 saturated heterocycles. The van der Waals surface area contributed by atoms with Crippen molar-refractivity contribution in [3.05, 3.63) is 29.3 Å². The van der Waals surface area contributed by atoms with E-state index in [0.717, 1.165) is 17.8 Å². The van der Waals surface area contributed by atoms with Gasteiger partial charge in [-0.2, -0.15) is 5.26 Å². The van der Waals surface area contributed by atoms with E-state index in [1.807, 2.05) is 39.0 Å². The molecule has 102 valence electrons. The van der Waals surface area contributed by atoms with Crippen LogP contribution in [-0.4, -0.2) is 30.4 Å². The summed E-state index contributed by atoms with van der Waals surface area (Å²) in [6.07, 6.45) is 0.363. The number of rotatable bonds is 6. The Labute approximate surface area is 115 Å². The molecule has 0 aliphatic heterocycles. The molecule has 0 bridgehead atoms. The van der Waals surface area contributed by atoms with Gasteiger partial charge in [-0.25, -0.2) is 0 Å². The van der Waals surface area contributed by atoms with Crippen molar-refractivity contribution >= 4 is 11.6 Å². The van der Waals surface area contributed by atoms with Gasteiger partial charge in [-0.3, -0.25) is 4.79 Å². The molecular formula is C15H21N3O. The third-order valence-electron chi connectivity index (χ3n) is 2.94. The molecule has 0 spiro atoms. The van der Waals surface area contributed by atoms with Gasteiger partial charge in [-0.15, -0.1) is 0 Å². The fraction of sp³-hybridized carbons (Fsp3) is 0.467. The topological polar surface area (TPSA) is 56.1 Å². The number of nitrogens with zero attached hydrogens (tertiary/aromatic N) is 2. The Bertz CT molecular complexity index is 477. The van der Waals surface area contributed by atoms with Crippen LogP contribution in [0.5, 0.6) is 0 Å². The van der Waals surface area contributed by atoms with Crippen molar-refractivity contribution in [3.63, 3.8) is 0 Å². The van der Waals surface area contributed by atoms with Gasteiger partial charge in [0.2, 0.25) is 0 Å². The summed E-state index contributed by atoms with van der Waals surface area (Å²) >= 11 is 0. The van der Waals surface area contributed by atoms with E-state index in [0.29, 0.717) is 25.1 Å². The lowest BCUT2D eigenvalue weighted by Crippen LogP contribution is -2.32. The van der Waals surface area contributed by atoms with E-state index in [1.54, 1.807) is 4.90 Å². The molecule has 0 unspecified atom stereocenters. The summed E-state index contributed by atoms with van der Waals surface area (Å²) in [4.78, 5) is 14.2. The summed E-state index contributed by atoms with van der Waals surface area (Å²) in [5.41, 5.74) is 2.66. The van der Waals surface area contributed by atoms with Crippen LogP contribution in [-0.2, 0) is 0 Å². The Morgan fingerprint density at radius 3 is 2.74 bits per heavy atom. The second-order valence-electron chi connectivity index (χ2n) is 4.37. The first-order chi connectivity index (χ1) is 9.13. The molecule has 0 aliphatic rings. The highest BCUT2D eigenvalue weighted by Crippen LogP contribution is 2.19. The number of benzene rings is 1. The first kappa shape index (κ1) is 15.0. The summed E-state index contributed by atoms with van der Waals surface area (Å²) in [5.74, 6) is -0.0197. The Balaban J connectivity index is 3.00. The number of nitriles is 1. The standard InChI is InChI=1S/C15H21N3O/c1-4-17-14-11-12(3)7-8-13(14)15(19)18(5-2)10-6-9-16/h7-8,11,17H,4-6,10H2,1-3H3. The lowest BCUT2D eigenvalue weighted by Gasteiger charge is -2.21. The van der Waals surface area contributed by atoms with E-state index >= 15 is 0 Å². The Morgan fingerprint density at radius 2 is 2.16 bits per heavy atom. The summed E-state index contributed by atoms with van der Waals surface area (Å²) in [7, 11) is 0. The average Bonchev–Trinajstić information content (AvgIpc) is 2.40. The third kappa shape index (κ3) is 3.99. The third-order valence-corrected chi connectivity index (χ3v) is 2.94. The number of hydrogen-bond acceptors (Lipinski definition) is 3. The highest BCUT2D eigenvalue weighted by molar-refractivity contribution is 5.99. The number of carbonyl (C=O) groups excluding carboxylic acids is 1. The Morgan fingerprint density at radius 1 is 1.42 bits per heavy atom. The van der Waals surface area contributed by atoms with Crippen molar-refractivity contribution in [2.24, 2.45) is 0 Å². The molecule has 0 aliphatic carbocycles. The van der Waals surface area contributed by atoms with Gasteiger partial charge >= 0.3 is 0 Å². The molecule has 0 fully saturated rings. The summed E-state index contributed by atoms with van der Waals surface area (Å²) in [6.45, 7) is 7.79. The van der Waals surface area contributed by atoms with Crippen LogP contribution in [0.4, 0.5) is 5.69 Å². The SMILES string of the molecule is CCNc1cc(C)ccc1C(=O)N(CC)CCC#N. The van der Waals surface area contributed by atoms with Crippen LogP contribution < -0.4 is 5.32 Å². The van der Waals surface area contributed by atoms with Crippen LogP contribution in [0.1, 0.15) is 36.2 Å². The Kier molecular flexibility index (Phi) is 5.87. The summed E-state index contributed by atoms with van der Waals surface area (Å²) in [5, 5.41) is 11.9. The maximum Gasteiger partial charge on any atom is 0.255 e. The molecule has 0 aromatic heterocycles. The quantitative estimate of drug-likeness (QED) is 0.854. The molecule has 1 rings (SSSR count). The smallest absolute Gasteiger partial charge is 0.255 e. The molecule has 1 amide bonds. The zero-order valence-electron chi connectivity index (χ0n) is 11.9. The zero-order chi connectivity index (χ0) is 14.3. The highest BCUT2D eigenvalue weighted by Gasteiger charge is 2.17. The van der Waals surface area contributed by atoms with Crippen molar-refractivity contribution < 1.29 is 4.79 Å². The van der Waals surface area contributed by atoms with E-state index < -0.39 is 0 Å². The molecule has 4 heteroatoms. The lowest BCUT2D eigenvalue weighted by molar-refractivity contribution is 0.0769. The van der Waals surface area contributed by atoms with Gasteiger partial charge in [-0.1, -0.05) is 6.07 Å². The fourth-order valence-electron chi connectivity index (χ4n) is 1.94. The first-order valence-corrected chi connectivity index (χ1v) is 6.64. The number of carbonyl (C=O) groups is 1. The fourth-order valence-corrected chi connectivity index (χ4v) is 1.94. The zero-order valence-corrected chi connectivity index (χ0v) is 11.9. The van der Waals surface area contributed by atoms with Crippen LogP contribution in [0.3, 0.4) is 0 Å². The molecule has 1 aromatic rings. The molecule has 0 saturated carbocycles. The number of aryl methyl sites for hydroxylation is 1. The second-order valence-corrected chi connectivity index (χ2v) is 4.37. The predicted molar refractivity (Wildman–Crippen MR) is 77.2 cm³/mol. The van der Waals surface area contributed by atoms with Crippen LogP contribution in [0, 0.1) is 18.3 Å². The van der Waals surface area contributed by atoms with Gasteiger partial charge in [0, 0.05) is 25.3 Å². The van der Waals surface area contributed by atoms with Crippen molar-refractivity contribution in [1.29, 1.82) is 5.26 Å². The van der Waals surface area contributed by atoms with Crippen LogP contribution in [0.2, 0.25) is 0 Å². The van der Waals surface area contributed by atoms with Crippen LogP contribution in [0.15, 0.2) is 18.2 Å². The van der Waals surface area contributed by atoms with Crippen molar-refractivity contribution in [2.75, 3.05) is 25.0 Å². The lowest BCUT2D eigenvalue weighted by atomic mass is 10.1. The van der Waals surface area contributed by atoms with Crippen molar-refractivity contribution in [3.8, 4) is 6.07 Å². The molecule has 0 atom stereocenters. The molecule has 1 aromatic carbocycles. The number of anilines is 1. The van der Waals surface area contributed by atoms with Gasteiger partial charge in [0.05, 0.1) is 18.1 Å². The normalized spacial score (nSPS) is 9.79. The van der Waals surface area contributed by atoms with Gasteiger partial charge in [-0.05, 0) is 38.5 Å². The van der Waals surface area contributed by atoms with E-state index in [-0.39, 0.29) is 5.91 Å². The first-order valence-electron chi connectivity index (χ1n) is 6.64. The van der Waals surface area contributed by atoms with Gasteiger partial charge in [0.25, 0.3) is 5.91 Å². The largest absolute Gasteiger partial charge is 0.385 e. The minimum Gasteiger partial charge on any atom is -0.385 e. The van der Waals surface area contributed by atoms with Crippen molar-refractivity contribution in [2.45, 2.75) is 27.2 Å². The monoisotopic (exact) mass is 259 g/mol. The number of nitrogens with one attached hydrogen (secondary N) is 1. The van der Waals surface area contributed by atoms with E-state index in [9.17, 15) is 4.79 Å². The predicted octanol–water partition coefficient (Wildman–Crippen LogP) is 2.80. The minimum absolute atomic E-state index is 0.0197. The number of hydrogen-bond donors (Lipinski definition) is 1. The number of amides is 1. The minimum atomic E-state index is -0.0197. The van der Waals surface area contributed by atoms with E-state index in [4.69, 9.17) is 5.26 Å². The molecule has 1 N–H and O–H groups in total. The molecular weight excluding hydrogens is 238 g/mol. The molecule has 19 heavy (non-hydrogen) atoms. The van der Waals surface area contributed by atoms with E-state index in [1.165, 1.54) is 0 Å². The Hall–Kier alpha value is -2.02. The molecule has 0 radical (unpaired) electrons. The highest BCUT2D eigenvalue weighted by atomic mass is 16.2. The van der Waals surface area contributed by atoms with Gasteiger partial charge in [0.15, 0.2) is 0 Å². The van der Waals surface area contributed by atoms with Gasteiger partial charge in [0.1, 0.15) is 0 Å². The second kappa shape index (κ2) is 7.42. The van der Waals surface area contributed by atoms with Crippen LogP contribution in [0.25, 0.3) is 0 Å². The average molecular weight is 259 g/mol. The summed E-state index contributed by atoms with van der Waals surface area (Å²) < 4.78 is 0. The van der Waals surface area contributed by atoms with Crippen molar-refractivity contribution in [1.82, 2.24) is 4.90 Å². The van der Waals surface area contributed by atoms with Crippen LogP contribution >= 0.6 is 0 Å². The molecule has 0 heterocycles. The summed E-state index contributed by atoms with van der Waals surface area (Å²) in [6, 6.07) is 7.85.